The van der Waals surface area contributed by atoms with Crippen molar-refractivity contribution in [3.05, 3.63) is 59.7 Å². The fraction of sp³-hybridized carbons (Fsp3) is 0.409. The van der Waals surface area contributed by atoms with Crippen LogP contribution in [-0.4, -0.2) is 37.7 Å². The van der Waals surface area contributed by atoms with E-state index in [9.17, 15) is 4.79 Å². The minimum Gasteiger partial charge on any atom is -0.497 e. The maximum Gasteiger partial charge on any atom is 0.319 e. The number of methoxy groups -OCH3 is 1. The molecule has 1 atom stereocenters. The second-order valence-electron chi connectivity index (χ2n) is 7.09. The quantitative estimate of drug-likeness (QED) is 0.798. The van der Waals surface area contributed by atoms with Crippen LogP contribution in [0.2, 0.25) is 0 Å². The molecule has 0 spiro atoms. The molecule has 1 aliphatic rings. The molecule has 2 aromatic rings. The summed E-state index contributed by atoms with van der Waals surface area (Å²) in [5.74, 6) is 0.848. The Morgan fingerprint density at radius 3 is 2.52 bits per heavy atom. The largest absolute Gasteiger partial charge is 0.497 e. The van der Waals surface area contributed by atoms with Crippen LogP contribution in [0.5, 0.6) is 5.75 Å². The zero-order chi connectivity index (χ0) is 19.1. The number of hydrogen-bond donors (Lipinski definition) is 2. The van der Waals surface area contributed by atoms with Gasteiger partial charge in [0.15, 0.2) is 0 Å². The molecule has 1 aliphatic heterocycles. The van der Waals surface area contributed by atoms with Crippen LogP contribution in [0.1, 0.15) is 36.4 Å². The van der Waals surface area contributed by atoms with Gasteiger partial charge in [0.05, 0.1) is 13.2 Å². The number of urea groups is 1. The van der Waals surface area contributed by atoms with Crippen LogP contribution in [0.4, 0.5) is 10.5 Å². The number of anilines is 1. The number of piperidine rings is 1. The lowest BCUT2D eigenvalue weighted by molar-refractivity contribution is 0.161. The number of carbonyl (C=O) groups excluding carboxylic acids is 1. The maximum absolute atomic E-state index is 12.4. The van der Waals surface area contributed by atoms with Gasteiger partial charge in [-0.2, -0.15) is 0 Å². The van der Waals surface area contributed by atoms with Crippen molar-refractivity contribution in [1.29, 1.82) is 0 Å². The summed E-state index contributed by atoms with van der Waals surface area (Å²) in [5, 5.41) is 5.97. The van der Waals surface area contributed by atoms with Crippen LogP contribution in [0.3, 0.4) is 0 Å². The normalized spacial score (nSPS) is 15.8. The van der Waals surface area contributed by atoms with Crippen molar-refractivity contribution in [3.8, 4) is 5.75 Å². The van der Waals surface area contributed by atoms with Crippen molar-refractivity contribution in [1.82, 2.24) is 10.2 Å². The maximum atomic E-state index is 12.4. The average molecular weight is 367 g/mol. The first kappa shape index (κ1) is 19.2. The SMILES string of the molecule is COc1ccc(C(CNC(=O)Nc2cccc(C)c2)N2CCCCC2)cc1. The Morgan fingerprint density at radius 1 is 1.11 bits per heavy atom. The molecule has 0 saturated carbocycles. The Balaban J connectivity index is 1.65. The molecule has 2 N–H and O–H groups in total. The molecule has 0 bridgehead atoms. The summed E-state index contributed by atoms with van der Waals surface area (Å²) in [5.41, 5.74) is 3.14. The highest BCUT2D eigenvalue weighted by Gasteiger charge is 2.23. The van der Waals surface area contributed by atoms with Crippen molar-refractivity contribution in [2.24, 2.45) is 0 Å². The second-order valence-corrected chi connectivity index (χ2v) is 7.09. The Labute approximate surface area is 161 Å². The van der Waals surface area contributed by atoms with Crippen LogP contribution in [0, 0.1) is 6.92 Å². The van der Waals surface area contributed by atoms with Crippen molar-refractivity contribution >= 4 is 11.7 Å². The van der Waals surface area contributed by atoms with Crippen LogP contribution in [0.25, 0.3) is 0 Å². The van der Waals surface area contributed by atoms with Crippen molar-refractivity contribution in [2.45, 2.75) is 32.2 Å². The molecular weight excluding hydrogens is 338 g/mol. The third-order valence-corrected chi connectivity index (χ3v) is 5.06. The number of benzene rings is 2. The van der Waals surface area contributed by atoms with Crippen molar-refractivity contribution in [2.75, 3.05) is 32.1 Å². The number of carbonyl (C=O) groups is 1. The van der Waals surface area contributed by atoms with E-state index in [1.54, 1.807) is 7.11 Å². The molecule has 0 radical (unpaired) electrons. The summed E-state index contributed by atoms with van der Waals surface area (Å²) in [4.78, 5) is 14.9. The fourth-order valence-electron chi connectivity index (χ4n) is 3.60. The lowest BCUT2D eigenvalue weighted by atomic mass is 10.0. The third-order valence-electron chi connectivity index (χ3n) is 5.06. The van der Waals surface area contributed by atoms with E-state index in [0.29, 0.717) is 6.54 Å². The average Bonchev–Trinajstić information content (AvgIpc) is 2.69. The third kappa shape index (κ3) is 5.47. The Bertz CT molecular complexity index is 739. The van der Waals surface area contributed by atoms with Crippen LogP contribution in [0.15, 0.2) is 48.5 Å². The summed E-state index contributed by atoms with van der Waals surface area (Å²) in [6.07, 6.45) is 3.71. The zero-order valence-corrected chi connectivity index (χ0v) is 16.2. The highest BCUT2D eigenvalue weighted by Crippen LogP contribution is 2.26. The summed E-state index contributed by atoms with van der Waals surface area (Å²) in [7, 11) is 1.67. The summed E-state index contributed by atoms with van der Waals surface area (Å²) >= 11 is 0. The smallest absolute Gasteiger partial charge is 0.319 e. The number of nitrogens with zero attached hydrogens (tertiary/aromatic N) is 1. The molecule has 5 heteroatoms. The minimum atomic E-state index is -0.170. The predicted octanol–water partition coefficient (Wildman–Crippen LogP) is 4.35. The molecule has 0 aromatic heterocycles. The Morgan fingerprint density at radius 2 is 1.85 bits per heavy atom. The molecule has 5 nitrogen and oxygen atoms in total. The van der Waals surface area contributed by atoms with Crippen LogP contribution >= 0.6 is 0 Å². The van der Waals surface area contributed by atoms with Gasteiger partial charge in [-0.15, -0.1) is 0 Å². The lowest BCUT2D eigenvalue weighted by Gasteiger charge is -2.35. The molecule has 144 valence electrons. The molecule has 1 unspecified atom stereocenters. The predicted molar refractivity (Wildman–Crippen MR) is 109 cm³/mol. The van der Waals surface area contributed by atoms with Gasteiger partial charge >= 0.3 is 6.03 Å². The minimum absolute atomic E-state index is 0.166. The van der Waals surface area contributed by atoms with E-state index in [0.717, 1.165) is 30.1 Å². The van der Waals surface area contributed by atoms with Gasteiger partial charge in [-0.25, -0.2) is 4.79 Å². The highest BCUT2D eigenvalue weighted by molar-refractivity contribution is 5.89. The van der Waals surface area contributed by atoms with Gasteiger partial charge in [0, 0.05) is 12.2 Å². The Kier molecular flexibility index (Phi) is 6.71. The number of aryl methyl sites for hydroxylation is 1. The van der Waals surface area contributed by atoms with E-state index in [1.807, 2.05) is 43.3 Å². The topological polar surface area (TPSA) is 53.6 Å². The van der Waals surface area contributed by atoms with E-state index in [4.69, 9.17) is 4.74 Å². The van der Waals surface area contributed by atoms with Crippen LogP contribution in [-0.2, 0) is 0 Å². The number of hydrogen-bond acceptors (Lipinski definition) is 3. The van der Waals surface area contributed by atoms with E-state index >= 15 is 0 Å². The van der Waals surface area contributed by atoms with Gasteiger partial charge in [-0.05, 0) is 68.2 Å². The molecule has 27 heavy (non-hydrogen) atoms. The standard InChI is InChI=1S/C22H29N3O2/c1-17-7-6-8-19(15-17)24-22(26)23-16-21(25-13-4-3-5-14-25)18-9-11-20(27-2)12-10-18/h6-12,15,21H,3-5,13-14,16H2,1-2H3,(H2,23,24,26). The van der Waals surface area contributed by atoms with E-state index < -0.39 is 0 Å². The lowest BCUT2D eigenvalue weighted by Crippen LogP contribution is -2.41. The van der Waals surface area contributed by atoms with E-state index in [1.165, 1.54) is 24.8 Å². The van der Waals surface area contributed by atoms with Gasteiger partial charge in [0.1, 0.15) is 5.75 Å². The van der Waals surface area contributed by atoms with Gasteiger partial charge in [0.2, 0.25) is 0 Å². The second kappa shape index (κ2) is 9.42. The van der Waals surface area contributed by atoms with Crippen molar-refractivity contribution < 1.29 is 9.53 Å². The highest BCUT2D eigenvalue weighted by atomic mass is 16.5. The first-order chi connectivity index (χ1) is 13.2. The summed E-state index contributed by atoms with van der Waals surface area (Å²) in [6, 6.07) is 16.0. The number of likely N-dealkylation sites (tertiary alicyclic amines) is 1. The first-order valence-electron chi connectivity index (χ1n) is 9.65. The number of ether oxygens (including phenoxy) is 1. The number of amides is 2. The number of rotatable bonds is 6. The molecule has 0 aliphatic carbocycles. The van der Waals surface area contributed by atoms with Gasteiger partial charge < -0.3 is 15.4 Å². The monoisotopic (exact) mass is 367 g/mol. The molecule has 2 amide bonds. The molecule has 1 saturated heterocycles. The molecule has 3 rings (SSSR count). The molecular formula is C22H29N3O2. The van der Waals surface area contributed by atoms with Crippen molar-refractivity contribution in [3.63, 3.8) is 0 Å². The number of nitrogens with one attached hydrogen (secondary N) is 2. The Hall–Kier alpha value is -2.53. The zero-order valence-electron chi connectivity index (χ0n) is 16.2. The summed E-state index contributed by atoms with van der Waals surface area (Å²) < 4.78 is 5.28. The molecule has 1 fully saturated rings. The van der Waals surface area contributed by atoms with Gasteiger partial charge in [-0.3, -0.25) is 4.90 Å². The van der Waals surface area contributed by atoms with E-state index in [-0.39, 0.29) is 12.1 Å². The van der Waals surface area contributed by atoms with Crippen LogP contribution < -0.4 is 15.4 Å². The fourth-order valence-corrected chi connectivity index (χ4v) is 3.60. The first-order valence-corrected chi connectivity index (χ1v) is 9.65. The molecule has 1 heterocycles. The van der Waals surface area contributed by atoms with E-state index in [2.05, 4.69) is 27.7 Å². The molecule has 2 aromatic carbocycles. The summed E-state index contributed by atoms with van der Waals surface area (Å²) in [6.45, 7) is 4.72. The van der Waals surface area contributed by atoms with Gasteiger partial charge in [0.25, 0.3) is 0 Å². The van der Waals surface area contributed by atoms with Gasteiger partial charge in [-0.1, -0.05) is 30.7 Å².